The maximum Gasteiger partial charge on any atom is 0.282 e. The largest absolute Gasteiger partial charge is 0.282 e. The zero-order chi connectivity index (χ0) is 68.4. The highest BCUT2D eigenvalue weighted by molar-refractivity contribution is 7.27. The van der Waals surface area contributed by atoms with Crippen LogP contribution in [0.25, 0.3) is 178 Å². The average molecular weight is 1380 g/mol. The first-order valence-electron chi connectivity index (χ1n) is 34.2. The number of thiophene rings is 2. The third-order valence-corrected chi connectivity index (χ3v) is 22.9. The van der Waals surface area contributed by atoms with E-state index in [1.807, 2.05) is 151 Å². The monoisotopic (exact) mass is 1380 g/mol. The van der Waals surface area contributed by atoms with E-state index in [4.69, 9.17) is 21.6 Å². The molecular formula is C91H54ClN7O2S2. The van der Waals surface area contributed by atoms with Crippen LogP contribution in [0.3, 0.4) is 0 Å². The summed E-state index contributed by atoms with van der Waals surface area (Å²) < 4.78 is 10.9. The molecule has 0 fully saturated rings. The highest BCUT2D eigenvalue weighted by atomic mass is 35.5. The predicted octanol–water partition coefficient (Wildman–Crippen LogP) is 23.3. The van der Waals surface area contributed by atoms with E-state index in [0.717, 1.165) is 89.0 Å². The number of rotatable bonds is 5. The van der Waals surface area contributed by atoms with E-state index in [9.17, 15) is 9.59 Å². The van der Waals surface area contributed by atoms with Gasteiger partial charge >= 0.3 is 0 Å². The highest BCUT2D eigenvalue weighted by Gasteiger charge is 2.28. The van der Waals surface area contributed by atoms with Crippen molar-refractivity contribution in [2.45, 2.75) is 6.42 Å². The number of benzene rings is 14. The lowest BCUT2D eigenvalue weighted by Crippen LogP contribution is -2.21. The van der Waals surface area contributed by atoms with Crippen LogP contribution in [0.1, 0.15) is 11.1 Å². The third kappa shape index (κ3) is 9.65. The molecule has 1 aliphatic rings. The Labute approximate surface area is 601 Å². The van der Waals surface area contributed by atoms with E-state index in [0.29, 0.717) is 22.4 Å². The molecule has 7 aromatic heterocycles. The second-order valence-corrected chi connectivity index (χ2v) is 28.4. The van der Waals surface area contributed by atoms with Crippen LogP contribution in [-0.2, 0) is 6.42 Å². The molecule has 12 heteroatoms. The first-order valence-corrected chi connectivity index (χ1v) is 36.2. The van der Waals surface area contributed by atoms with Crippen LogP contribution in [-0.4, -0.2) is 33.6 Å². The molecule has 0 radical (unpaired) electrons. The normalized spacial score (nSPS) is 12.0. The number of pyridine rings is 2. The molecule has 0 aliphatic heterocycles. The molecule has 0 saturated carbocycles. The molecule has 0 saturated heterocycles. The molecule has 14 aromatic carbocycles. The van der Waals surface area contributed by atoms with Crippen LogP contribution in [0.2, 0.25) is 5.28 Å². The summed E-state index contributed by atoms with van der Waals surface area (Å²) in [5, 5.41) is 16.1. The summed E-state index contributed by atoms with van der Waals surface area (Å²) in [5.74, 6) is 0.472. The molecule has 22 rings (SSSR count). The highest BCUT2D eigenvalue weighted by Crippen LogP contribution is 2.51. The van der Waals surface area contributed by atoms with Gasteiger partial charge in [0, 0.05) is 98.2 Å². The fourth-order valence-corrected chi connectivity index (χ4v) is 18.5. The number of para-hydroxylation sites is 3. The lowest BCUT2D eigenvalue weighted by Gasteiger charge is -2.15. The van der Waals surface area contributed by atoms with Crippen molar-refractivity contribution >= 4 is 162 Å². The fourth-order valence-electron chi connectivity index (χ4n) is 15.8. The van der Waals surface area contributed by atoms with Crippen LogP contribution < -0.4 is 11.1 Å². The predicted molar refractivity (Wildman–Crippen MR) is 431 cm³/mol. The van der Waals surface area contributed by atoms with Gasteiger partial charge in [0.25, 0.3) is 11.1 Å². The van der Waals surface area contributed by atoms with Crippen LogP contribution in [0.15, 0.2) is 325 Å². The van der Waals surface area contributed by atoms with Gasteiger partial charge in [-0.25, -0.2) is 19.9 Å². The molecule has 0 unspecified atom stereocenters. The Bertz CT molecular complexity index is 7240. The molecule has 7 heterocycles. The van der Waals surface area contributed by atoms with Gasteiger partial charge in [-0.05, 0) is 132 Å². The summed E-state index contributed by atoms with van der Waals surface area (Å²) in [6.45, 7) is 0. The Hall–Kier alpha value is -12.8. The lowest BCUT2D eigenvalue weighted by atomic mass is 9.94. The zero-order valence-corrected chi connectivity index (χ0v) is 57.3. The Morgan fingerprint density at radius 1 is 0.340 bits per heavy atom. The van der Waals surface area contributed by atoms with Crippen molar-refractivity contribution in [3.8, 4) is 50.7 Å². The molecule has 0 N–H and O–H groups in total. The van der Waals surface area contributed by atoms with Crippen molar-refractivity contribution < 1.29 is 0 Å². The summed E-state index contributed by atoms with van der Waals surface area (Å²) in [5.41, 5.74) is 15.6. The van der Waals surface area contributed by atoms with Gasteiger partial charge in [0.2, 0.25) is 11.2 Å². The minimum atomic E-state index is -0.219. The standard InChI is InChI=1S/C45H26N4OS.C23H14ClN3O.C23H14S/c50-44-41-35(30-17-6-9-22-36(30)48(44)29-16-12-15-28(25-29)27-13-2-1-3-14-27)26-46-45(47-41)49-37-23-10-7-20-33(37)39-31-18-4-5-19-32(31)40-34-21-8-11-24-38(34)51-43(40)42(39)49;24-23-25-14-19-18-11-4-5-12-20(18)27(22(28)21(19)26-23)17-10-6-9-16(13-17)15-7-2-1-3-8-15;1-2-8-15-14(7-1)13-19-21(15)16-9-3-4-10-17(16)22-18-11-5-6-12-20(18)24-23(19)22/h1-26H;1-14H;1-12H,13H2. The Morgan fingerprint density at radius 2 is 0.767 bits per heavy atom. The zero-order valence-electron chi connectivity index (χ0n) is 54.9. The molecule has 9 nitrogen and oxygen atoms in total. The lowest BCUT2D eigenvalue weighted by molar-refractivity contribution is 0.994. The van der Waals surface area contributed by atoms with Crippen molar-refractivity contribution in [1.82, 2.24) is 33.6 Å². The maximum absolute atomic E-state index is 14.8. The Morgan fingerprint density at radius 3 is 1.36 bits per heavy atom. The van der Waals surface area contributed by atoms with Crippen LogP contribution in [0, 0.1) is 0 Å². The van der Waals surface area contributed by atoms with Crippen LogP contribution in [0.5, 0.6) is 0 Å². The van der Waals surface area contributed by atoms with Crippen molar-refractivity contribution in [2.24, 2.45) is 0 Å². The van der Waals surface area contributed by atoms with E-state index < -0.39 is 0 Å². The van der Waals surface area contributed by atoms with Gasteiger partial charge in [0.05, 0.1) is 26.8 Å². The van der Waals surface area contributed by atoms with Gasteiger partial charge < -0.3 is 0 Å². The molecule has 21 aromatic rings. The van der Waals surface area contributed by atoms with Crippen LogP contribution in [0.4, 0.5) is 0 Å². The topological polar surface area (TPSA) is 100 Å². The van der Waals surface area contributed by atoms with E-state index in [1.165, 1.54) is 84.1 Å². The maximum atomic E-state index is 14.8. The van der Waals surface area contributed by atoms with Gasteiger partial charge in [0.1, 0.15) is 11.0 Å². The number of fused-ring (bicyclic) bond motifs is 26. The van der Waals surface area contributed by atoms with Gasteiger partial charge in [-0.1, -0.05) is 249 Å². The fraction of sp³-hybridized carbons (Fsp3) is 0.0110. The summed E-state index contributed by atoms with van der Waals surface area (Å²) in [6.07, 6.45) is 4.49. The average Bonchev–Trinajstić information content (AvgIpc) is 1.61. The first kappa shape index (κ1) is 60.2. The van der Waals surface area contributed by atoms with Gasteiger partial charge in [-0.15, -0.1) is 22.7 Å². The second-order valence-electron chi connectivity index (χ2n) is 25.9. The third-order valence-electron chi connectivity index (χ3n) is 20.3. The minimum absolute atomic E-state index is 0.0597. The van der Waals surface area contributed by atoms with Crippen molar-refractivity contribution in [3.05, 3.63) is 353 Å². The molecule has 1 aliphatic carbocycles. The number of hydrogen-bond donors (Lipinski definition) is 0. The van der Waals surface area contributed by atoms with E-state index >= 15 is 0 Å². The Balaban J connectivity index is 0.000000114. The molecule has 0 bridgehead atoms. The summed E-state index contributed by atoms with van der Waals surface area (Å²) >= 11 is 9.72. The molecule has 0 amide bonds. The summed E-state index contributed by atoms with van der Waals surface area (Å²) in [4.78, 5) is 46.7. The Kier molecular flexibility index (Phi) is 14.2. The molecule has 0 spiro atoms. The second kappa shape index (κ2) is 24.3. The molecule has 0 atom stereocenters. The number of aromatic nitrogens is 7. The van der Waals surface area contributed by atoms with Crippen molar-refractivity contribution in [2.75, 3.05) is 0 Å². The molecular weight excluding hydrogens is 1320 g/mol. The summed E-state index contributed by atoms with van der Waals surface area (Å²) in [6, 6.07) is 105. The van der Waals surface area contributed by atoms with Crippen molar-refractivity contribution in [3.63, 3.8) is 0 Å². The number of nitrogens with zero attached hydrogens (tertiary/aromatic N) is 7. The summed E-state index contributed by atoms with van der Waals surface area (Å²) in [7, 11) is 0. The van der Waals surface area contributed by atoms with E-state index in [2.05, 4.69) is 184 Å². The van der Waals surface area contributed by atoms with E-state index in [1.54, 1.807) is 26.7 Å². The SMILES string of the molecule is O=c1c2nc(-n3c4ccccc4c4c5ccccc5c5c6ccccc6sc5c43)ncc2c2ccccc2n1-c1cccc(-c2ccccc2)c1.O=c1c2nc(Cl)ncc2c2ccccc2n1-c1cccc(-c2ccccc2)c1.c1ccc2c(c1)Cc1c-2c2ccccc2c2c1sc1ccccc12. The van der Waals surface area contributed by atoms with Crippen LogP contribution >= 0.6 is 34.3 Å². The van der Waals surface area contributed by atoms with Gasteiger partial charge in [0.15, 0.2) is 0 Å². The molecule has 484 valence electrons. The van der Waals surface area contributed by atoms with Crippen molar-refractivity contribution in [1.29, 1.82) is 0 Å². The minimum Gasteiger partial charge on any atom is -0.276 e. The first-order chi connectivity index (χ1) is 50.9. The number of halogens is 1. The van der Waals surface area contributed by atoms with Gasteiger partial charge in [-0.2, -0.15) is 0 Å². The number of hydrogen-bond acceptors (Lipinski definition) is 8. The van der Waals surface area contributed by atoms with Gasteiger partial charge in [-0.3, -0.25) is 23.3 Å². The molecule has 103 heavy (non-hydrogen) atoms. The van der Waals surface area contributed by atoms with E-state index in [-0.39, 0.29) is 16.4 Å². The quantitative estimate of drug-likeness (QED) is 0.126. The smallest absolute Gasteiger partial charge is 0.276 e.